The summed E-state index contributed by atoms with van der Waals surface area (Å²) in [6.07, 6.45) is -6.13. The highest BCUT2D eigenvalue weighted by Gasteiger charge is 2.76. The average molecular weight is 692 g/mol. The van der Waals surface area contributed by atoms with E-state index >= 15 is 0 Å². The molecule has 3 saturated heterocycles. The molecule has 0 spiro atoms. The molecule has 3 aliphatic carbocycles. The summed E-state index contributed by atoms with van der Waals surface area (Å²) >= 11 is 0. The SMILES string of the molecule is COC(=O)[C@@]12OC[C@@H]3C4[C@@H](C[C@H]5C(C)=C(OC(=O)CNC(=O)OC(C)(C)C)C(=O)C[C@]5(C)C3[C@@H](O)[C@@H]1O)OC(=O)[C@H](OC(=O)C=C(C)C)[C@H]42. The highest BCUT2D eigenvalue weighted by Crippen LogP contribution is 2.65. The molecular formula is C34H45NO14. The molecule has 5 fully saturated rings. The van der Waals surface area contributed by atoms with Gasteiger partial charge in [-0.3, -0.25) is 4.79 Å². The number of hydrogen-bond acceptors (Lipinski definition) is 14. The molecule has 0 radical (unpaired) electrons. The number of fused-ring (bicyclic) bond motifs is 3. The molecule has 2 unspecified atom stereocenters. The molecular weight excluding hydrogens is 646 g/mol. The Kier molecular flexibility index (Phi) is 9.53. The number of allylic oxidation sites excluding steroid dienone is 3. The third-order valence-corrected chi connectivity index (χ3v) is 10.6. The number of Topliss-reactive ketones (excluding diaryl/α,β-unsaturated/α-hetero) is 1. The number of methoxy groups -OCH3 is 1. The van der Waals surface area contributed by atoms with Crippen molar-refractivity contribution in [2.45, 2.75) is 96.9 Å². The smallest absolute Gasteiger partial charge is 0.408 e. The van der Waals surface area contributed by atoms with Gasteiger partial charge in [0.15, 0.2) is 11.5 Å². The number of amides is 1. The van der Waals surface area contributed by atoms with Crippen LogP contribution in [0.15, 0.2) is 23.0 Å². The molecule has 3 heterocycles. The maximum atomic E-state index is 13.8. The van der Waals surface area contributed by atoms with Crippen molar-refractivity contribution in [2.75, 3.05) is 20.3 Å². The number of ketones is 1. The second kappa shape index (κ2) is 12.8. The van der Waals surface area contributed by atoms with Crippen molar-refractivity contribution in [3.8, 4) is 0 Å². The number of hydrogen-bond donors (Lipinski definition) is 3. The lowest BCUT2D eigenvalue weighted by molar-refractivity contribution is -0.266. The standard InChI is InChI=1S/C34H45NO14/c1-14(2)9-20(37)47-27-24-22-16-13-45-34(24,30(42)44-8)28(40)25(39)23(16)33(7)11-18(36)26(15(3)17(33)10-19(22)46-29(27)41)48-21(38)12-35-31(43)49-32(4,5)6/h9,16-17,19,22-25,27-28,39-40H,10-13H2,1-8H3,(H,35,43)/t16-,17+,19-,22?,23?,24+,25-,27-,28+,33+,34+/m1/s1. The summed E-state index contributed by atoms with van der Waals surface area (Å²) < 4.78 is 33.5. The van der Waals surface area contributed by atoms with Gasteiger partial charge in [0, 0.05) is 18.4 Å². The van der Waals surface area contributed by atoms with E-state index in [9.17, 15) is 39.0 Å². The Bertz CT molecular complexity index is 1510. The van der Waals surface area contributed by atoms with Gasteiger partial charge in [-0.1, -0.05) is 12.5 Å². The van der Waals surface area contributed by atoms with Crippen LogP contribution >= 0.6 is 0 Å². The zero-order chi connectivity index (χ0) is 36.4. The molecule has 11 atom stereocenters. The minimum Gasteiger partial charge on any atom is -0.467 e. The molecule has 1 amide bonds. The summed E-state index contributed by atoms with van der Waals surface area (Å²) in [4.78, 5) is 78.9. The third kappa shape index (κ3) is 6.14. The summed E-state index contributed by atoms with van der Waals surface area (Å²) in [6, 6.07) is 0. The first kappa shape index (κ1) is 36.5. The van der Waals surface area contributed by atoms with Crippen LogP contribution in [0.3, 0.4) is 0 Å². The number of esters is 4. The van der Waals surface area contributed by atoms with Crippen molar-refractivity contribution >= 4 is 35.8 Å². The lowest BCUT2D eigenvalue weighted by atomic mass is 9.56. The number of rotatable bonds is 6. The molecule has 0 aromatic heterocycles. The van der Waals surface area contributed by atoms with Gasteiger partial charge in [0.2, 0.25) is 11.7 Å². The molecule has 3 N–H and O–H groups in total. The monoisotopic (exact) mass is 691 g/mol. The number of aliphatic hydroxyl groups is 2. The van der Waals surface area contributed by atoms with Gasteiger partial charge in [-0.25, -0.2) is 24.0 Å². The molecule has 15 heteroatoms. The first-order valence-electron chi connectivity index (χ1n) is 16.3. The number of carbonyl (C=O) groups is 6. The van der Waals surface area contributed by atoms with E-state index in [4.69, 9.17) is 28.4 Å². The van der Waals surface area contributed by atoms with Crippen molar-refractivity contribution in [3.63, 3.8) is 0 Å². The number of alkyl carbamates (subject to hydrolysis) is 1. The van der Waals surface area contributed by atoms with E-state index in [1.54, 1.807) is 48.5 Å². The van der Waals surface area contributed by atoms with Crippen molar-refractivity contribution in [1.29, 1.82) is 0 Å². The van der Waals surface area contributed by atoms with E-state index in [1.807, 2.05) is 0 Å². The zero-order valence-corrected chi connectivity index (χ0v) is 28.9. The van der Waals surface area contributed by atoms with Crippen LogP contribution in [-0.2, 0) is 52.4 Å². The molecule has 0 aromatic rings. The highest BCUT2D eigenvalue weighted by atomic mass is 16.6. The quantitative estimate of drug-likeness (QED) is 0.204. The summed E-state index contributed by atoms with van der Waals surface area (Å²) in [5.74, 6) is -8.97. The second-order valence-corrected chi connectivity index (χ2v) is 15.1. The second-order valence-electron chi connectivity index (χ2n) is 15.1. The molecule has 3 aliphatic heterocycles. The molecule has 270 valence electrons. The highest BCUT2D eigenvalue weighted by molar-refractivity contribution is 5.98. The molecule has 0 aromatic carbocycles. The Balaban J connectivity index is 1.56. The van der Waals surface area contributed by atoms with Crippen molar-refractivity contribution in [1.82, 2.24) is 5.32 Å². The van der Waals surface area contributed by atoms with Gasteiger partial charge < -0.3 is 44.0 Å². The van der Waals surface area contributed by atoms with Crippen LogP contribution in [0.5, 0.6) is 0 Å². The Morgan fingerprint density at radius 3 is 2.39 bits per heavy atom. The number of carbonyl (C=O) groups excluding carboxylic acids is 6. The Labute approximate surface area is 283 Å². The molecule has 2 saturated carbocycles. The topological polar surface area (TPSA) is 210 Å². The van der Waals surface area contributed by atoms with Gasteiger partial charge in [-0.05, 0) is 76.7 Å². The normalized spacial score (nSPS) is 37.8. The first-order chi connectivity index (χ1) is 22.8. The Morgan fingerprint density at radius 2 is 1.78 bits per heavy atom. The van der Waals surface area contributed by atoms with E-state index in [-0.39, 0.29) is 25.2 Å². The van der Waals surface area contributed by atoms with Crippen molar-refractivity contribution < 1.29 is 67.4 Å². The molecule has 6 rings (SSSR count). The van der Waals surface area contributed by atoms with E-state index in [1.165, 1.54) is 6.08 Å². The molecule has 4 bridgehead atoms. The maximum Gasteiger partial charge on any atom is 0.408 e. The van der Waals surface area contributed by atoms with E-state index in [0.717, 1.165) is 7.11 Å². The van der Waals surface area contributed by atoms with Gasteiger partial charge in [0.1, 0.15) is 24.4 Å². The lowest BCUT2D eigenvalue weighted by Crippen LogP contribution is -2.71. The third-order valence-electron chi connectivity index (χ3n) is 10.6. The molecule has 49 heavy (non-hydrogen) atoms. The van der Waals surface area contributed by atoms with Crippen molar-refractivity contribution in [3.05, 3.63) is 23.0 Å². The summed E-state index contributed by atoms with van der Waals surface area (Å²) in [6.45, 7) is 10.9. The minimum atomic E-state index is -2.31. The van der Waals surface area contributed by atoms with Gasteiger partial charge in [-0.2, -0.15) is 0 Å². The van der Waals surface area contributed by atoms with E-state index in [0.29, 0.717) is 11.1 Å². The first-order valence-corrected chi connectivity index (χ1v) is 16.3. The fraction of sp³-hybridized carbons (Fsp3) is 0.706. The average Bonchev–Trinajstić information content (AvgIpc) is 3.21. The van der Waals surface area contributed by atoms with Crippen molar-refractivity contribution in [2.24, 2.45) is 35.0 Å². The van der Waals surface area contributed by atoms with E-state index < -0.39 is 113 Å². The Hall–Kier alpha value is -3.82. The predicted molar refractivity (Wildman–Crippen MR) is 165 cm³/mol. The van der Waals surface area contributed by atoms with Crippen LogP contribution in [0.4, 0.5) is 4.79 Å². The van der Waals surface area contributed by atoms with Gasteiger partial charge >= 0.3 is 30.0 Å². The molecule has 15 nitrogen and oxygen atoms in total. The fourth-order valence-corrected chi connectivity index (χ4v) is 8.97. The number of ether oxygens (including phenoxy) is 6. The maximum absolute atomic E-state index is 13.8. The van der Waals surface area contributed by atoms with Gasteiger partial charge in [-0.15, -0.1) is 0 Å². The summed E-state index contributed by atoms with van der Waals surface area (Å²) in [5.41, 5.74) is -3.31. The van der Waals surface area contributed by atoms with Crippen LogP contribution in [-0.4, -0.2) is 102 Å². The number of nitrogens with one attached hydrogen (secondary N) is 1. The lowest BCUT2D eigenvalue weighted by Gasteiger charge is -2.53. The summed E-state index contributed by atoms with van der Waals surface area (Å²) in [7, 11) is 1.08. The van der Waals surface area contributed by atoms with Crippen LogP contribution in [0, 0.1) is 35.0 Å². The van der Waals surface area contributed by atoms with Crippen LogP contribution < -0.4 is 5.32 Å². The number of aliphatic hydroxyl groups excluding tert-OH is 2. The minimum absolute atomic E-state index is 0.0848. The Morgan fingerprint density at radius 1 is 1.10 bits per heavy atom. The van der Waals surface area contributed by atoms with E-state index in [2.05, 4.69) is 5.32 Å². The van der Waals surface area contributed by atoms with Crippen LogP contribution in [0.1, 0.15) is 61.3 Å². The fourth-order valence-electron chi connectivity index (χ4n) is 8.97. The van der Waals surface area contributed by atoms with Crippen LogP contribution in [0.2, 0.25) is 0 Å². The van der Waals surface area contributed by atoms with Crippen LogP contribution in [0.25, 0.3) is 0 Å². The molecule has 6 aliphatic rings. The predicted octanol–water partition coefficient (Wildman–Crippen LogP) is 1.27. The zero-order valence-electron chi connectivity index (χ0n) is 28.9. The van der Waals surface area contributed by atoms with Gasteiger partial charge in [0.05, 0.1) is 25.7 Å². The van der Waals surface area contributed by atoms with Gasteiger partial charge in [0.25, 0.3) is 0 Å². The summed E-state index contributed by atoms with van der Waals surface area (Å²) in [5, 5.41) is 26.2. The largest absolute Gasteiger partial charge is 0.467 e.